The Morgan fingerprint density at radius 1 is 1.35 bits per heavy atom. The van der Waals surface area contributed by atoms with Crippen LogP contribution in [0.5, 0.6) is 5.75 Å². The van der Waals surface area contributed by atoms with E-state index >= 15 is 0 Å². The van der Waals surface area contributed by atoms with Crippen molar-refractivity contribution in [2.45, 2.75) is 32.7 Å². The van der Waals surface area contributed by atoms with E-state index in [1.54, 1.807) is 24.0 Å². The van der Waals surface area contributed by atoms with E-state index < -0.39 is 0 Å². The van der Waals surface area contributed by atoms with Gasteiger partial charge in [-0.2, -0.15) is 0 Å². The highest BCUT2D eigenvalue weighted by molar-refractivity contribution is 5.84. The van der Waals surface area contributed by atoms with Crippen molar-refractivity contribution in [3.05, 3.63) is 29.8 Å². The van der Waals surface area contributed by atoms with Crippen molar-refractivity contribution in [2.75, 3.05) is 34.3 Å². The maximum Gasteiger partial charge on any atom is 0.227 e. The normalized spacial score (nSPS) is 20.8. The summed E-state index contributed by atoms with van der Waals surface area (Å²) in [5.74, 6) is 0.624. The maximum absolute atomic E-state index is 13.2. The van der Waals surface area contributed by atoms with Gasteiger partial charge in [-0.05, 0) is 36.1 Å². The van der Waals surface area contributed by atoms with Crippen molar-refractivity contribution in [1.29, 1.82) is 0 Å². The number of hydrogen-bond acceptors (Lipinski definition) is 4. The number of nitrogens with zero attached hydrogens (tertiary/aromatic N) is 2. The quantitative estimate of drug-likeness (QED) is 0.841. The first-order valence-corrected chi connectivity index (χ1v) is 9.05. The number of hydrogen-bond donors (Lipinski definition) is 1. The van der Waals surface area contributed by atoms with E-state index in [9.17, 15) is 9.59 Å². The average molecular weight is 361 g/mol. The van der Waals surface area contributed by atoms with Crippen molar-refractivity contribution in [3.8, 4) is 5.75 Å². The van der Waals surface area contributed by atoms with E-state index in [2.05, 4.69) is 0 Å². The number of amides is 2. The minimum absolute atomic E-state index is 0.0618. The number of nitrogens with two attached hydrogens (primary N) is 1. The van der Waals surface area contributed by atoms with Crippen LogP contribution in [0.15, 0.2) is 24.3 Å². The van der Waals surface area contributed by atoms with Crippen LogP contribution in [0.1, 0.15) is 38.3 Å². The fourth-order valence-electron chi connectivity index (χ4n) is 3.62. The molecule has 2 unspecified atom stereocenters. The van der Waals surface area contributed by atoms with Crippen molar-refractivity contribution in [2.24, 2.45) is 17.1 Å². The molecule has 0 spiro atoms. The molecule has 1 aliphatic heterocycles. The summed E-state index contributed by atoms with van der Waals surface area (Å²) < 4.78 is 5.22. The molecule has 1 aromatic carbocycles. The van der Waals surface area contributed by atoms with Gasteiger partial charge in [-0.25, -0.2) is 0 Å². The van der Waals surface area contributed by atoms with Crippen molar-refractivity contribution >= 4 is 11.8 Å². The Kier molecular flexibility index (Phi) is 6.29. The summed E-state index contributed by atoms with van der Waals surface area (Å²) in [5.41, 5.74) is 6.62. The Morgan fingerprint density at radius 3 is 2.50 bits per heavy atom. The Hall–Kier alpha value is -2.08. The summed E-state index contributed by atoms with van der Waals surface area (Å²) in [5, 5.41) is 0. The molecule has 1 heterocycles. The first-order valence-electron chi connectivity index (χ1n) is 9.05. The minimum atomic E-state index is -0.266. The van der Waals surface area contributed by atoms with Crippen LogP contribution in [0.2, 0.25) is 0 Å². The van der Waals surface area contributed by atoms with Gasteiger partial charge in [0.1, 0.15) is 5.75 Å². The van der Waals surface area contributed by atoms with Crippen LogP contribution in [-0.2, 0) is 9.59 Å². The van der Waals surface area contributed by atoms with Gasteiger partial charge in [0.2, 0.25) is 11.8 Å². The van der Waals surface area contributed by atoms with Gasteiger partial charge in [0.05, 0.1) is 19.1 Å². The number of ether oxygens (including phenoxy) is 1. The molecule has 2 amide bonds. The van der Waals surface area contributed by atoms with Crippen molar-refractivity contribution in [1.82, 2.24) is 9.80 Å². The summed E-state index contributed by atoms with van der Waals surface area (Å²) in [4.78, 5) is 28.9. The Labute approximate surface area is 156 Å². The maximum atomic E-state index is 13.2. The highest BCUT2D eigenvalue weighted by atomic mass is 16.5. The van der Waals surface area contributed by atoms with Gasteiger partial charge in [0, 0.05) is 27.1 Å². The van der Waals surface area contributed by atoms with Crippen LogP contribution in [0.4, 0.5) is 0 Å². The summed E-state index contributed by atoms with van der Waals surface area (Å²) in [6.07, 6.45) is 0.958. The molecule has 0 saturated carbocycles. The van der Waals surface area contributed by atoms with Gasteiger partial charge in [-0.1, -0.05) is 26.0 Å². The molecule has 2 rings (SSSR count). The second-order valence-electron chi connectivity index (χ2n) is 7.93. The summed E-state index contributed by atoms with van der Waals surface area (Å²) in [7, 11) is 5.22. The predicted molar refractivity (Wildman–Crippen MR) is 102 cm³/mol. The third kappa shape index (κ3) is 4.36. The third-order valence-electron chi connectivity index (χ3n) is 5.23. The minimum Gasteiger partial charge on any atom is -0.497 e. The molecule has 0 bridgehead atoms. The molecule has 1 aromatic rings. The standard InChI is InChI=1S/C20H31N3O3/c1-20(2,12-21)13-22(3)19(25)16-10-11-17(24)23(4)18(16)14-6-8-15(26-5)9-7-14/h6-9,16,18H,10-13,21H2,1-5H3. The Morgan fingerprint density at radius 2 is 1.96 bits per heavy atom. The topological polar surface area (TPSA) is 75.9 Å². The van der Waals surface area contributed by atoms with E-state index in [0.29, 0.717) is 25.9 Å². The van der Waals surface area contributed by atoms with E-state index in [1.807, 2.05) is 45.2 Å². The fourth-order valence-corrected chi connectivity index (χ4v) is 3.62. The number of methoxy groups -OCH3 is 1. The van der Waals surface area contributed by atoms with Crippen LogP contribution in [0.25, 0.3) is 0 Å². The first-order chi connectivity index (χ1) is 12.2. The molecule has 6 nitrogen and oxygen atoms in total. The molecule has 0 aromatic heterocycles. The lowest BCUT2D eigenvalue weighted by Crippen LogP contribution is -2.49. The third-order valence-corrected chi connectivity index (χ3v) is 5.23. The first kappa shape index (κ1) is 20.2. The highest BCUT2D eigenvalue weighted by Gasteiger charge is 2.40. The van der Waals surface area contributed by atoms with Crippen molar-refractivity contribution < 1.29 is 14.3 Å². The zero-order valence-corrected chi connectivity index (χ0v) is 16.5. The van der Waals surface area contributed by atoms with Crippen LogP contribution in [0.3, 0.4) is 0 Å². The molecule has 26 heavy (non-hydrogen) atoms. The molecule has 6 heteroatoms. The Balaban J connectivity index is 2.28. The molecule has 0 aliphatic carbocycles. The highest BCUT2D eigenvalue weighted by Crippen LogP contribution is 2.37. The number of rotatable bonds is 6. The molecule has 1 saturated heterocycles. The van der Waals surface area contributed by atoms with Gasteiger partial charge in [0.25, 0.3) is 0 Å². The summed E-state index contributed by atoms with van der Waals surface area (Å²) in [6.45, 7) is 5.20. The summed E-state index contributed by atoms with van der Waals surface area (Å²) >= 11 is 0. The lowest BCUT2D eigenvalue weighted by molar-refractivity contribution is -0.146. The van der Waals surface area contributed by atoms with E-state index in [0.717, 1.165) is 11.3 Å². The lowest BCUT2D eigenvalue weighted by atomic mass is 9.83. The van der Waals surface area contributed by atoms with Gasteiger partial charge in [-0.3, -0.25) is 9.59 Å². The van der Waals surface area contributed by atoms with E-state index in [-0.39, 0.29) is 29.2 Å². The number of likely N-dealkylation sites (tertiary alicyclic amines) is 1. The van der Waals surface area contributed by atoms with Crippen molar-refractivity contribution in [3.63, 3.8) is 0 Å². The fraction of sp³-hybridized carbons (Fsp3) is 0.600. The predicted octanol–water partition coefficient (Wildman–Crippen LogP) is 2.05. The second kappa shape index (κ2) is 8.08. The second-order valence-corrected chi connectivity index (χ2v) is 7.93. The SMILES string of the molecule is COc1ccc(C2C(C(=O)N(C)CC(C)(C)CN)CCC(=O)N2C)cc1. The number of carbonyl (C=O) groups is 2. The smallest absolute Gasteiger partial charge is 0.227 e. The largest absolute Gasteiger partial charge is 0.497 e. The van der Waals surface area contributed by atoms with Crippen LogP contribution in [-0.4, -0.2) is 55.9 Å². The molecular weight excluding hydrogens is 330 g/mol. The van der Waals surface area contributed by atoms with Crippen LogP contribution < -0.4 is 10.5 Å². The van der Waals surface area contributed by atoms with Crippen LogP contribution >= 0.6 is 0 Å². The lowest BCUT2D eigenvalue weighted by Gasteiger charge is -2.41. The number of carbonyl (C=O) groups excluding carboxylic acids is 2. The van der Waals surface area contributed by atoms with Gasteiger partial charge in [0.15, 0.2) is 0 Å². The molecule has 1 aliphatic rings. The van der Waals surface area contributed by atoms with E-state index in [4.69, 9.17) is 10.5 Å². The number of benzene rings is 1. The Bertz CT molecular complexity index is 642. The number of piperidine rings is 1. The average Bonchev–Trinajstić information content (AvgIpc) is 2.63. The van der Waals surface area contributed by atoms with E-state index in [1.165, 1.54) is 0 Å². The summed E-state index contributed by atoms with van der Waals surface area (Å²) in [6, 6.07) is 7.33. The zero-order valence-electron chi connectivity index (χ0n) is 16.5. The van der Waals surface area contributed by atoms with Gasteiger partial charge >= 0.3 is 0 Å². The monoisotopic (exact) mass is 361 g/mol. The molecule has 2 atom stereocenters. The molecule has 144 valence electrons. The molecule has 1 fully saturated rings. The zero-order chi connectivity index (χ0) is 19.5. The van der Waals surface area contributed by atoms with Gasteiger partial charge in [-0.15, -0.1) is 0 Å². The molecule has 2 N–H and O–H groups in total. The molecular formula is C20H31N3O3. The van der Waals surface area contributed by atoms with Gasteiger partial charge < -0.3 is 20.3 Å². The van der Waals surface area contributed by atoms with Crippen LogP contribution in [0, 0.1) is 11.3 Å². The molecule has 0 radical (unpaired) electrons.